The number of carbonyl (C=O) groups is 1. The summed E-state index contributed by atoms with van der Waals surface area (Å²) in [4.78, 5) is 25.0. The Balaban J connectivity index is 1.68. The van der Waals surface area contributed by atoms with E-state index in [1.165, 1.54) is 0 Å². The summed E-state index contributed by atoms with van der Waals surface area (Å²) in [5, 5.41) is 0. The number of anilines is 1. The lowest BCUT2D eigenvalue weighted by Gasteiger charge is -2.22. The summed E-state index contributed by atoms with van der Waals surface area (Å²) in [6.45, 7) is 4.21. The van der Waals surface area contributed by atoms with Gasteiger partial charge >= 0.3 is 0 Å². The lowest BCUT2D eigenvalue weighted by molar-refractivity contribution is 0.0786. The zero-order valence-corrected chi connectivity index (χ0v) is 12.5. The second-order valence-corrected chi connectivity index (χ2v) is 5.87. The Morgan fingerprint density at radius 2 is 2.24 bits per heavy atom. The van der Waals surface area contributed by atoms with Crippen LogP contribution in [0.1, 0.15) is 29.8 Å². The Hall–Kier alpha value is -1.69. The van der Waals surface area contributed by atoms with E-state index in [0.717, 1.165) is 57.9 Å². The quantitative estimate of drug-likeness (QED) is 0.833. The van der Waals surface area contributed by atoms with Crippen molar-refractivity contribution in [1.82, 2.24) is 14.9 Å². The van der Waals surface area contributed by atoms with Crippen LogP contribution in [0.15, 0.2) is 12.4 Å². The number of amides is 1. The highest BCUT2D eigenvalue weighted by molar-refractivity contribution is 5.92. The molecular weight excluding hydrogens is 268 g/mol. The van der Waals surface area contributed by atoms with Crippen LogP contribution in [-0.2, 0) is 4.74 Å². The fraction of sp³-hybridized carbons (Fsp3) is 0.667. The van der Waals surface area contributed by atoms with Crippen LogP contribution in [0.3, 0.4) is 0 Å². The van der Waals surface area contributed by atoms with Crippen molar-refractivity contribution >= 4 is 11.7 Å². The molecule has 3 heterocycles. The first-order valence-electron chi connectivity index (χ1n) is 7.64. The molecule has 1 atom stereocenters. The lowest BCUT2D eigenvalue weighted by atomic mass is 10.1. The minimum atomic E-state index is -0.000510. The van der Waals surface area contributed by atoms with Crippen molar-refractivity contribution in [1.29, 1.82) is 0 Å². The highest BCUT2D eigenvalue weighted by Crippen LogP contribution is 2.18. The summed E-state index contributed by atoms with van der Waals surface area (Å²) in [7, 11) is 1.99. The van der Waals surface area contributed by atoms with E-state index in [1.807, 2.05) is 11.9 Å². The largest absolute Gasteiger partial charge is 0.381 e. The number of hydrogen-bond acceptors (Lipinski definition) is 5. The van der Waals surface area contributed by atoms with E-state index in [1.54, 1.807) is 12.4 Å². The predicted molar refractivity (Wildman–Crippen MR) is 79.4 cm³/mol. The smallest absolute Gasteiger partial charge is 0.274 e. The van der Waals surface area contributed by atoms with E-state index >= 15 is 0 Å². The Kier molecular flexibility index (Phi) is 4.34. The SMILES string of the molecule is CN(C[C@@H]1CCOC1)c1cncc(C(=O)N2CCCC2)n1. The van der Waals surface area contributed by atoms with E-state index in [-0.39, 0.29) is 5.91 Å². The number of carbonyl (C=O) groups excluding carboxylic acids is 1. The average Bonchev–Trinajstić information content (AvgIpc) is 3.20. The monoisotopic (exact) mass is 290 g/mol. The molecule has 0 unspecified atom stereocenters. The zero-order valence-electron chi connectivity index (χ0n) is 12.5. The molecule has 3 rings (SSSR count). The maximum Gasteiger partial charge on any atom is 0.274 e. The highest BCUT2D eigenvalue weighted by Gasteiger charge is 2.22. The molecule has 2 aliphatic rings. The predicted octanol–water partition coefficient (Wildman–Crippen LogP) is 1.19. The summed E-state index contributed by atoms with van der Waals surface area (Å²) in [5.74, 6) is 1.29. The van der Waals surface area contributed by atoms with Gasteiger partial charge < -0.3 is 14.5 Å². The summed E-state index contributed by atoms with van der Waals surface area (Å²) < 4.78 is 5.40. The zero-order chi connectivity index (χ0) is 14.7. The first kappa shape index (κ1) is 14.3. The number of rotatable bonds is 4. The highest BCUT2D eigenvalue weighted by atomic mass is 16.5. The molecule has 0 N–H and O–H groups in total. The van der Waals surface area contributed by atoms with Crippen LogP contribution in [0.4, 0.5) is 5.82 Å². The molecule has 6 heteroatoms. The van der Waals surface area contributed by atoms with E-state index in [0.29, 0.717) is 11.6 Å². The van der Waals surface area contributed by atoms with Gasteiger partial charge in [-0.05, 0) is 19.3 Å². The number of nitrogens with zero attached hydrogens (tertiary/aromatic N) is 4. The maximum absolute atomic E-state index is 12.4. The second kappa shape index (κ2) is 6.39. The molecule has 21 heavy (non-hydrogen) atoms. The van der Waals surface area contributed by atoms with Crippen LogP contribution in [0, 0.1) is 5.92 Å². The molecule has 0 aromatic carbocycles. The second-order valence-electron chi connectivity index (χ2n) is 5.87. The Bertz CT molecular complexity index is 496. The van der Waals surface area contributed by atoms with Gasteiger partial charge in [-0.3, -0.25) is 9.78 Å². The molecule has 1 aromatic rings. The Labute approximate surface area is 125 Å². The maximum atomic E-state index is 12.4. The third-order valence-corrected chi connectivity index (χ3v) is 4.18. The average molecular weight is 290 g/mol. The van der Waals surface area contributed by atoms with Crippen LogP contribution in [-0.4, -0.2) is 60.7 Å². The van der Waals surface area contributed by atoms with Gasteiger partial charge in [0.2, 0.25) is 0 Å². The van der Waals surface area contributed by atoms with Crippen LogP contribution in [0.2, 0.25) is 0 Å². The minimum Gasteiger partial charge on any atom is -0.381 e. The van der Waals surface area contributed by atoms with Gasteiger partial charge in [-0.15, -0.1) is 0 Å². The van der Waals surface area contributed by atoms with Crippen LogP contribution >= 0.6 is 0 Å². The fourth-order valence-electron chi connectivity index (χ4n) is 2.93. The third-order valence-electron chi connectivity index (χ3n) is 4.18. The minimum absolute atomic E-state index is 0.000510. The molecule has 2 fully saturated rings. The van der Waals surface area contributed by atoms with E-state index in [4.69, 9.17) is 4.74 Å². The molecule has 0 saturated carbocycles. The van der Waals surface area contributed by atoms with Crippen LogP contribution in [0.25, 0.3) is 0 Å². The van der Waals surface area contributed by atoms with Gasteiger partial charge in [0.15, 0.2) is 0 Å². The van der Waals surface area contributed by atoms with Crippen molar-refractivity contribution < 1.29 is 9.53 Å². The standard InChI is InChI=1S/C15H22N4O2/c1-18(10-12-4-7-21-11-12)14-9-16-8-13(17-14)15(20)19-5-2-3-6-19/h8-9,12H,2-7,10-11H2,1H3/t12-/m0/s1. The van der Waals surface area contributed by atoms with Gasteiger partial charge in [-0.25, -0.2) is 4.98 Å². The van der Waals surface area contributed by atoms with Crippen molar-refractivity contribution in [3.8, 4) is 0 Å². The molecule has 1 aromatic heterocycles. The molecular formula is C15H22N4O2. The van der Waals surface area contributed by atoms with Crippen molar-refractivity contribution in [3.63, 3.8) is 0 Å². The van der Waals surface area contributed by atoms with Crippen LogP contribution in [0.5, 0.6) is 0 Å². The van der Waals surface area contributed by atoms with Gasteiger partial charge in [-0.2, -0.15) is 0 Å². The van der Waals surface area contributed by atoms with Crippen molar-refractivity contribution in [2.45, 2.75) is 19.3 Å². The Morgan fingerprint density at radius 3 is 2.95 bits per heavy atom. The molecule has 0 aliphatic carbocycles. The summed E-state index contributed by atoms with van der Waals surface area (Å²) >= 11 is 0. The Morgan fingerprint density at radius 1 is 1.43 bits per heavy atom. The molecule has 0 bridgehead atoms. The van der Waals surface area contributed by atoms with Gasteiger partial charge in [0.05, 0.1) is 19.0 Å². The summed E-state index contributed by atoms with van der Waals surface area (Å²) in [6, 6.07) is 0. The first-order valence-corrected chi connectivity index (χ1v) is 7.64. The molecule has 2 saturated heterocycles. The number of likely N-dealkylation sites (tertiary alicyclic amines) is 1. The number of aromatic nitrogens is 2. The molecule has 0 radical (unpaired) electrons. The molecule has 1 amide bonds. The summed E-state index contributed by atoms with van der Waals surface area (Å²) in [6.07, 6.45) is 6.54. The van der Waals surface area contributed by atoms with Gasteiger partial charge in [0.1, 0.15) is 11.5 Å². The van der Waals surface area contributed by atoms with Gasteiger partial charge in [-0.1, -0.05) is 0 Å². The topological polar surface area (TPSA) is 58.6 Å². The first-order chi connectivity index (χ1) is 10.2. The molecule has 2 aliphatic heterocycles. The summed E-state index contributed by atoms with van der Waals surface area (Å²) in [5.41, 5.74) is 0.448. The molecule has 6 nitrogen and oxygen atoms in total. The van der Waals surface area contributed by atoms with Crippen molar-refractivity contribution in [3.05, 3.63) is 18.1 Å². The van der Waals surface area contributed by atoms with Crippen LogP contribution < -0.4 is 4.90 Å². The van der Waals surface area contributed by atoms with Gasteiger partial charge in [0.25, 0.3) is 5.91 Å². The molecule has 114 valence electrons. The van der Waals surface area contributed by atoms with Gasteiger partial charge in [0, 0.05) is 39.2 Å². The van der Waals surface area contributed by atoms with E-state index < -0.39 is 0 Å². The normalized spacial score (nSPS) is 21.8. The van der Waals surface area contributed by atoms with E-state index in [2.05, 4.69) is 14.9 Å². The van der Waals surface area contributed by atoms with E-state index in [9.17, 15) is 4.79 Å². The lowest BCUT2D eigenvalue weighted by Crippen LogP contribution is -2.30. The number of hydrogen-bond donors (Lipinski definition) is 0. The van der Waals surface area contributed by atoms with Crippen molar-refractivity contribution in [2.24, 2.45) is 5.92 Å². The molecule has 0 spiro atoms. The third kappa shape index (κ3) is 3.32. The fourth-order valence-corrected chi connectivity index (χ4v) is 2.93. The number of ether oxygens (including phenoxy) is 1. The van der Waals surface area contributed by atoms with Crippen molar-refractivity contribution in [2.75, 3.05) is 44.8 Å².